The van der Waals surface area contributed by atoms with E-state index < -0.39 is 0 Å². The molecule has 20 heavy (non-hydrogen) atoms. The smallest absolute Gasteiger partial charge is 0.259 e. The molecule has 0 aromatic heterocycles. The van der Waals surface area contributed by atoms with Gasteiger partial charge in [-0.3, -0.25) is 4.79 Å². The van der Waals surface area contributed by atoms with Crippen LogP contribution in [-0.4, -0.2) is 18.7 Å². The minimum atomic E-state index is 0.0339. The number of anilines is 2. The van der Waals surface area contributed by atoms with Gasteiger partial charge < -0.3 is 10.6 Å². The van der Waals surface area contributed by atoms with Gasteiger partial charge in [0.25, 0.3) is 5.91 Å². The van der Waals surface area contributed by atoms with Gasteiger partial charge in [0.15, 0.2) is 0 Å². The Balaban J connectivity index is 2.02. The summed E-state index contributed by atoms with van der Waals surface area (Å²) < 4.78 is 0. The minimum absolute atomic E-state index is 0.0339. The van der Waals surface area contributed by atoms with Gasteiger partial charge in [-0.2, -0.15) is 0 Å². The number of carbonyl (C=O) groups is 1. The van der Waals surface area contributed by atoms with Crippen LogP contribution in [0.5, 0.6) is 0 Å². The molecule has 2 N–H and O–H groups in total. The highest BCUT2D eigenvalue weighted by Gasteiger charge is 2.28. The Morgan fingerprint density at radius 1 is 1.20 bits per heavy atom. The predicted octanol–water partition coefficient (Wildman–Crippen LogP) is 3.19. The number of rotatable bonds is 2. The molecule has 0 saturated heterocycles. The van der Waals surface area contributed by atoms with Crippen LogP contribution in [0.25, 0.3) is 0 Å². The number of nitrogen functional groups attached to an aromatic ring is 1. The van der Waals surface area contributed by atoms with Gasteiger partial charge in [0.05, 0.1) is 16.9 Å². The number of carbonyl (C=O) groups excluding carboxylic acids is 1. The number of thioether (sulfide) groups is 1. The number of amides is 1. The quantitative estimate of drug-likeness (QED) is 0.680. The van der Waals surface area contributed by atoms with E-state index in [1.54, 1.807) is 16.7 Å². The van der Waals surface area contributed by atoms with E-state index in [1.807, 2.05) is 48.7 Å². The molecular weight excluding hydrogens is 268 g/mol. The number of para-hydroxylation sites is 1. The van der Waals surface area contributed by atoms with Crippen molar-refractivity contribution in [2.24, 2.45) is 0 Å². The molecule has 3 rings (SSSR count). The third-order valence-corrected chi connectivity index (χ3v) is 4.40. The van der Waals surface area contributed by atoms with Crippen LogP contribution in [0.3, 0.4) is 0 Å². The number of hydrogen-bond donors (Lipinski definition) is 1. The van der Waals surface area contributed by atoms with Crippen LogP contribution in [-0.2, 0) is 6.42 Å². The first-order chi connectivity index (χ1) is 9.72. The van der Waals surface area contributed by atoms with Crippen LogP contribution in [0.1, 0.15) is 15.9 Å². The maximum atomic E-state index is 12.8. The van der Waals surface area contributed by atoms with E-state index in [0.29, 0.717) is 12.2 Å². The fourth-order valence-corrected chi connectivity index (χ4v) is 3.25. The lowest BCUT2D eigenvalue weighted by molar-refractivity contribution is 0.0986. The van der Waals surface area contributed by atoms with Crippen LogP contribution in [0.2, 0.25) is 0 Å². The zero-order valence-corrected chi connectivity index (χ0v) is 12.1. The second-order valence-corrected chi connectivity index (χ2v) is 5.61. The standard InChI is InChI=1S/C16H16N2OS/c1-20-14-8-3-2-6-12(14)16(19)18-10-9-11-5-4-7-13(17)15(11)18/h2-8H,9-10,17H2,1H3. The SMILES string of the molecule is CSc1ccccc1C(=O)N1CCc2cccc(N)c21. The molecule has 1 amide bonds. The third-order valence-electron chi connectivity index (χ3n) is 3.61. The number of hydrogen-bond acceptors (Lipinski definition) is 3. The first-order valence-electron chi connectivity index (χ1n) is 6.54. The molecule has 0 fully saturated rings. The van der Waals surface area contributed by atoms with Gasteiger partial charge in [-0.15, -0.1) is 11.8 Å². The molecule has 0 radical (unpaired) electrons. The molecule has 3 nitrogen and oxygen atoms in total. The summed E-state index contributed by atoms with van der Waals surface area (Å²) in [5.41, 5.74) is 9.51. The topological polar surface area (TPSA) is 46.3 Å². The summed E-state index contributed by atoms with van der Waals surface area (Å²) in [6.07, 6.45) is 2.85. The molecule has 4 heteroatoms. The molecule has 1 heterocycles. The zero-order chi connectivity index (χ0) is 14.1. The fourth-order valence-electron chi connectivity index (χ4n) is 2.66. The first-order valence-corrected chi connectivity index (χ1v) is 7.77. The highest BCUT2D eigenvalue weighted by Crippen LogP contribution is 2.35. The first kappa shape index (κ1) is 13.1. The molecule has 1 aliphatic heterocycles. The van der Waals surface area contributed by atoms with Crippen molar-refractivity contribution in [3.63, 3.8) is 0 Å². The van der Waals surface area contributed by atoms with Gasteiger partial charge >= 0.3 is 0 Å². The van der Waals surface area contributed by atoms with Gasteiger partial charge in [0.2, 0.25) is 0 Å². The highest BCUT2D eigenvalue weighted by molar-refractivity contribution is 7.98. The monoisotopic (exact) mass is 284 g/mol. The van der Waals surface area contributed by atoms with Crippen LogP contribution in [0, 0.1) is 0 Å². The maximum Gasteiger partial charge on any atom is 0.259 e. The summed E-state index contributed by atoms with van der Waals surface area (Å²) in [5.74, 6) is 0.0339. The van der Waals surface area contributed by atoms with Gasteiger partial charge in [0, 0.05) is 11.4 Å². The van der Waals surface area contributed by atoms with E-state index >= 15 is 0 Å². The number of nitrogens with two attached hydrogens (primary N) is 1. The van der Waals surface area contributed by atoms with Crippen molar-refractivity contribution in [3.05, 3.63) is 53.6 Å². The van der Waals surface area contributed by atoms with Crippen LogP contribution in [0.15, 0.2) is 47.4 Å². The van der Waals surface area contributed by atoms with E-state index in [1.165, 1.54) is 0 Å². The summed E-state index contributed by atoms with van der Waals surface area (Å²) in [6.45, 7) is 0.699. The van der Waals surface area contributed by atoms with Crippen LogP contribution < -0.4 is 10.6 Å². The summed E-state index contributed by atoms with van der Waals surface area (Å²) in [5, 5.41) is 0. The second kappa shape index (κ2) is 5.21. The Hall–Kier alpha value is -1.94. The van der Waals surface area contributed by atoms with Gasteiger partial charge in [-0.1, -0.05) is 24.3 Å². The van der Waals surface area contributed by atoms with Crippen molar-refractivity contribution in [2.45, 2.75) is 11.3 Å². The molecule has 0 aliphatic carbocycles. The molecule has 0 atom stereocenters. The molecule has 2 aromatic carbocycles. The maximum absolute atomic E-state index is 12.8. The van der Waals surface area contributed by atoms with E-state index in [0.717, 1.165) is 28.1 Å². The minimum Gasteiger partial charge on any atom is -0.397 e. The number of fused-ring (bicyclic) bond motifs is 1. The Morgan fingerprint density at radius 2 is 2.00 bits per heavy atom. The summed E-state index contributed by atoms with van der Waals surface area (Å²) in [7, 11) is 0. The molecule has 0 saturated carbocycles. The zero-order valence-electron chi connectivity index (χ0n) is 11.3. The Labute approximate surface area is 122 Å². The molecule has 1 aliphatic rings. The lowest BCUT2D eigenvalue weighted by Crippen LogP contribution is -2.29. The number of nitrogens with zero attached hydrogens (tertiary/aromatic N) is 1. The van der Waals surface area contributed by atoms with Crippen LogP contribution >= 0.6 is 11.8 Å². The fraction of sp³-hybridized carbons (Fsp3) is 0.188. The largest absolute Gasteiger partial charge is 0.397 e. The molecule has 0 bridgehead atoms. The van der Waals surface area contributed by atoms with Gasteiger partial charge in [0.1, 0.15) is 0 Å². The van der Waals surface area contributed by atoms with Crippen LogP contribution in [0.4, 0.5) is 11.4 Å². The van der Waals surface area contributed by atoms with E-state index in [4.69, 9.17) is 5.73 Å². The number of benzene rings is 2. The van der Waals surface area contributed by atoms with Crippen molar-refractivity contribution >= 4 is 29.0 Å². The summed E-state index contributed by atoms with van der Waals surface area (Å²) >= 11 is 1.59. The van der Waals surface area contributed by atoms with Crippen molar-refractivity contribution in [3.8, 4) is 0 Å². The lowest BCUT2D eigenvalue weighted by Gasteiger charge is -2.20. The van der Waals surface area contributed by atoms with E-state index in [9.17, 15) is 4.79 Å². The molecular formula is C16H16N2OS. The summed E-state index contributed by atoms with van der Waals surface area (Å²) in [6, 6.07) is 13.5. The Kier molecular flexibility index (Phi) is 3.40. The van der Waals surface area contributed by atoms with Gasteiger partial charge in [-0.25, -0.2) is 0 Å². The lowest BCUT2D eigenvalue weighted by atomic mass is 10.1. The molecule has 102 valence electrons. The second-order valence-electron chi connectivity index (χ2n) is 4.76. The summed E-state index contributed by atoms with van der Waals surface area (Å²) in [4.78, 5) is 15.6. The average molecular weight is 284 g/mol. The predicted molar refractivity (Wildman–Crippen MR) is 84.5 cm³/mol. The van der Waals surface area contributed by atoms with Crippen molar-refractivity contribution in [1.82, 2.24) is 0 Å². The highest BCUT2D eigenvalue weighted by atomic mass is 32.2. The van der Waals surface area contributed by atoms with Crippen molar-refractivity contribution in [2.75, 3.05) is 23.4 Å². The van der Waals surface area contributed by atoms with Crippen molar-refractivity contribution in [1.29, 1.82) is 0 Å². The van der Waals surface area contributed by atoms with E-state index in [2.05, 4.69) is 0 Å². The molecule has 0 unspecified atom stereocenters. The molecule has 0 spiro atoms. The average Bonchev–Trinajstić information content (AvgIpc) is 2.92. The Morgan fingerprint density at radius 3 is 2.80 bits per heavy atom. The van der Waals surface area contributed by atoms with E-state index in [-0.39, 0.29) is 5.91 Å². The Bertz CT molecular complexity index is 669. The van der Waals surface area contributed by atoms with Crippen molar-refractivity contribution < 1.29 is 4.79 Å². The normalized spacial score (nSPS) is 13.3. The third kappa shape index (κ3) is 2.06. The van der Waals surface area contributed by atoms with Gasteiger partial charge in [-0.05, 0) is 36.4 Å². The molecule has 2 aromatic rings.